The molecule has 0 saturated carbocycles. The molecule has 2 heterocycles. The standard InChI is InChI=1S/C13H11BrN2O2S/c1-15-12(10-4-5-11(14)19-10)7-2-3-8-9(6-7)18-13(17)16-8/h2-6,12,15H,1H3,(H,16,17). The van der Waals surface area contributed by atoms with E-state index in [4.69, 9.17) is 4.42 Å². The summed E-state index contributed by atoms with van der Waals surface area (Å²) in [6.45, 7) is 0. The summed E-state index contributed by atoms with van der Waals surface area (Å²) in [5, 5.41) is 3.28. The molecule has 2 aromatic heterocycles. The van der Waals surface area contributed by atoms with E-state index >= 15 is 0 Å². The van der Waals surface area contributed by atoms with Crippen LogP contribution in [-0.4, -0.2) is 12.0 Å². The molecule has 2 N–H and O–H groups in total. The summed E-state index contributed by atoms with van der Waals surface area (Å²) in [4.78, 5) is 15.0. The third-order valence-electron chi connectivity index (χ3n) is 2.95. The summed E-state index contributed by atoms with van der Waals surface area (Å²) in [6, 6.07) is 9.93. The fraction of sp³-hybridized carbons (Fsp3) is 0.154. The van der Waals surface area contributed by atoms with Gasteiger partial charge in [0.25, 0.3) is 0 Å². The van der Waals surface area contributed by atoms with Crippen molar-refractivity contribution in [2.24, 2.45) is 0 Å². The second-order valence-electron chi connectivity index (χ2n) is 4.13. The molecule has 0 aliphatic rings. The Hall–Kier alpha value is -1.37. The van der Waals surface area contributed by atoms with Crippen molar-refractivity contribution in [3.8, 4) is 0 Å². The number of oxazole rings is 1. The van der Waals surface area contributed by atoms with Crippen LogP contribution in [0.5, 0.6) is 0 Å². The maximum absolute atomic E-state index is 11.2. The maximum Gasteiger partial charge on any atom is 0.417 e. The first-order valence-corrected chi connectivity index (χ1v) is 7.33. The highest BCUT2D eigenvalue weighted by molar-refractivity contribution is 9.11. The molecule has 0 aliphatic carbocycles. The van der Waals surface area contributed by atoms with Gasteiger partial charge in [-0.25, -0.2) is 4.79 Å². The number of rotatable bonds is 3. The van der Waals surface area contributed by atoms with Crippen LogP contribution in [0.1, 0.15) is 16.5 Å². The monoisotopic (exact) mass is 338 g/mol. The fourth-order valence-electron chi connectivity index (χ4n) is 2.10. The Bertz CT molecular complexity index is 774. The Morgan fingerprint density at radius 2 is 2.21 bits per heavy atom. The number of halogens is 1. The minimum absolute atomic E-state index is 0.0842. The van der Waals surface area contributed by atoms with Gasteiger partial charge in [-0.3, -0.25) is 4.98 Å². The Labute approximate surface area is 121 Å². The molecule has 0 aliphatic heterocycles. The molecule has 1 atom stereocenters. The molecule has 98 valence electrons. The molecule has 3 aromatic rings. The molecule has 0 spiro atoms. The lowest BCUT2D eigenvalue weighted by molar-refractivity contribution is 0.554. The molecule has 19 heavy (non-hydrogen) atoms. The SMILES string of the molecule is CNC(c1ccc2[nH]c(=O)oc2c1)c1ccc(Br)s1. The molecule has 0 bridgehead atoms. The van der Waals surface area contributed by atoms with E-state index in [1.54, 1.807) is 11.3 Å². The van der Waals surface area contributed by atoms with E-state index in [0.29, 0.717) is 5.58 Å². The van der Waals surface area contributed by atoms with Gasteiger partial charge in [0.2, 0.25) is 0 Å². The van der Waals surface area contributed by atoms with Gasteiger partial charge in [-0.1, -0.05) is 6.07 Å². The van der Waals surface area contributed by atoms with Crippen molar-refractivity contribution < 1.29 is 4.42 Å². The summed E-state index contributed by atoms with van der Waals surface area (Å²) < 4.78 is 6.19. The number of hydrogen-bond donors (Lipinski definition) is 2. The summed E-state index contributed by atoms with van der Waals surface area (Å²) in [7, 11) is 1.91. The predicted octanol–water partition coefficient (Wildman–Crippen LogP) is 3.25. The zero-order valence-corrected chi connectivity index (χ0v) is 12.5. The Balaban J connectivity index is 2.07. The van der Waals surface area contributed by atoms with E-state index < -0.39 is 5.76 Å². The zero-order valence-electron chi connectivity index (χ0n) is 10.1. The Kier molecular flexibility index (Phi) is 3.30. The largest absolute Gasteiger partial charge is 0.417 e. The highest BCUT2D eigenvalue weighted by Crippen LogP contribution is 2.31. The second-order valence-corrected chi connectivity index (χ2v) is 6.63. The smallest absolute Gasteiger partial charge is 0.408 e. The molecule has 0 radical (unpaired) electrons. The first-order valence-electron chi connectivity index (χ1n) is 5.72. The van der Waals surface area contributed by atoms with Crippen LogP contribution >= 0.6 is 27.3 Å². The summed E-state index contributed by atoms with van der Waals surface area (Å²) in [5.41, 5.74) is 2.36. The van der Waals surface area contributed by atoms with Crippen LogP contribution < -0.4 is 11.1 Å². The topological polar surface area (TPSA) is 58.0 Å². The number of H-pyrrole nitrogens is 1. The molecule has 1 aromatic carbocycles. The third-order valence-corrected chi connectivity index (χ3v) is 4.63. The molecule has 4 nitrogen and oxygen atoms in total. The zero-order chi connectivity index (χ0) is 13.4. The van der Waals surface area contributed by atoms with E-state index in [2.05, 4.69) is 32.3 Å². The second kappa shape index (κ2) is 4.96. The normalized spacial score (nSPS) is 12.9. The van der Waals surface area contributed by atoms with Gasteiger partial charge in [0.1, 0.15) is 0 Å². The molecular formula is C13H11BrN2O2S. The van der Waals surface area contributed by atoms with Gasteiger partial charge in [-0.05, 0) is 52.8 Å². The van der Waals surface area contributed by atoms with Crippen LogP contribution in [0.25, 0.3) is 11.1 Å². The van der Waals surface area contributed by atoms with Crippen LogP contribution in [-0.2, 0) is 0 Å². The van der Waals surface area contributed by atoms with Crippen molar-refractivity contribution in [3.63, 3.8) is 0 Å². The summed E-state index contributed by atoms with van der Waals surface area (Å²) in [6.07, 6.45) is 0. The van der Waals surface area contributed by atoms with Crippen molar-refractivity contribution in [1.82, 2.24) is 10.3 Å². The van der Waals surface area contributed by atoms with Crippen LogP contribution in [0.2, 0.25) is 0 Å². The number of nitrogens with one attached hydrogen (secondary N) is 2. The van der Waals surface area contributed by atoms with Crippen LogP contribution in [0.3, 0.4) is 0 Å². The van der Waals surface area contributed by atoms with Gasteiger partial charge in [0.15, 0.2) is 5.58 Å². The van der Waals surface area contributed by atoms with E-state index in [-0.39, 0.29) is 6.04 Å². The molecule has 0 amide bonds. The average molecular weight is 339 g/mol. The number of aromatic nitrogens is 1. The lowest BCUT2D eigenvalue weighted by Gasteiger charge is -2.14. The molecule has 1 unspecified atom stereocenters. The predicted molar refractivity (Wildman–Crippen MR) is 79.8 cm³/mol. The van der Waals surface area contributed by atoms with Gasteiger partial charge >= 0.3 is 5.76 Å². The highest BCUT2D eigenvalue weighted by Gasteiger charge is 2.15. The average Bonchev–Trinajstić information content (AvgIpc) is 2.95. The minimum Gasteiger partial charge on any atom is -0.408 e. The lowest BCUT2D eigenvalue weighted by atomic mass is 10.1. The molecular weight excluding hydrogens is 328 g/mol. The third kappa shape index (κ3) is 2.39. The van der Waals surface area contributed by atoms with Crippen molar-refractivity contribution >= 4 is 38.4 Å². The molecule has 6 heteroatoms. The van der Waals surface area contributed by atoms with Crippen LogP contribution in [0.4, 0.5) is 0 Å². The number of aromatic amines is 1. The highest BCUT2D eigenvalue weighted by atomic mass is 79.9. The minimum atomic E-state index is -0.424. The van der Waals surface area contributed by atoms with E-state index in [0.717, 1.165) is 14.9 Å². The van der Waals surface area contributed by atoms with Gasteiger partial charge in [0, 0.05) is 4.88 Å². The van der Waals surface area contributed by atoms with Crippen molar-refractivity contribution in [2.75, 3.05) is 7.05 Å². The van der Waals surface area contributed by atoms with Crippen molar-refractivity contribution in [2.45, 2.75) is 6.04 Å². The van der Waals surface area contributed by atoms with E-state index in [1.165, 1.54) is 4.88 Å². The Morgan fingerprint density at radius 1 is 1.37 bits per heavy atom. The molecule has 0 saturated heterocycles. The molecule has 3 rings (SSSR count). The first kappa shape index (κ1) is 12.7. The summed E-state index contributed by atoms with van der Waals surface area (Å²) in [5.74, 6) is -0.424. The quantitative estimate of drug-likeness (QED) is 0.770. The number of thiophene rings is 1. The van der Waals surface area contributed by atoms with Gasteiger partial charge in [0.05, 0.1) is 15.3 Å². The van der Waals surface area contributed by atoms with E-state index in [1.807, 2.05) is 31.3 Å². The Morgan fingerprint density at radius 3 is 2.89 bits per heavy atom. The van der Waals surface area contributed by atoms with Gasteiger partial charge < -0.3 is 9.73 Å². The van der Waals surface area contributed by atoms with Crippen LogP contribution in [0, 0.1) is 0 Å². The van der Waals surface area contributed by atoms with Crippen molar-refractivity contribution in [3.05, 3.63) is 55.1 Å². The number of hydrogen-bond acceptors (Lipinski definition) is 4. The lowest BCUT2D eigenvalue weighted by Crippen LogP contribution is -2.16. The maximum atomic E-state index is 11.2. The van der Waals surface area contributed by atoms with Crippen molar-refractivity contribution in [1.29, 1.82) is 0 Å². The number of fused-ring (bicyclic) bond motifs is 1. The molecule has 0 fully saturated rings. The van der Waals surface area contributed by atoms with Gasteiger partial charge in [-0.15, -0.1) is 11.3 Å². The first-order chi connectivity index (χ1) is 9.17. The van der Waals surface area contributed by atoms with Gasteiger partial charge in [-0.2, -0.15) is 0 Å². The fourth-order valence-corrected chi connectivity index (χ4v) is 3.66. The summed E-state index contributed by atoms with van der Waals surface area (Å²) >= 11 is 5.15. The van der Waals surface area contributed by atoms with Crippen LogP contribution in [0.15, 0.2) is 43.3 Å². The number of benzene rings is 1. The van der Waals surface area contributed by atoms with E-state index in [9.17, 15) is 4.79 Å².